The minimum Gasteiger partial charge on any atom is -0.342 e. The lowest BCUT2D eigenvalue weighted by Crippen LogP contribution is -2.50. The summed E-state index contributed by atoms with van der Waals surface area (Å²) in [6.45, 7) is 5.81. The second kappa shape index (κ2) is 9.96. The van der Waals surface area contributed by atoms with E-state index >= 15 is 0 Å². The van der Waals surface area contributed by atoms with E-state index in [4.69, 9.17) is 0 Å². The van der Waals surface area contributed by atoms with Gasteiger partial charge in [0.1, 0.15) is 0 Å². The number of carbonyl (C=O) groups is 2. The van der Waals surface area contributed by atoms with Crippen LogP contribution < -0.4 is 5.32 Å². The topological polar surface area (TPSA) is 55.9 Å². The molecule has 4 saturated heterocycles. The van der Waals surface area contributed by atoms with Crippen molar-refractivity contribution in [2.24, 2.45) is 5.92 Å². The van der Waals surface area contributed by atoms with Gasteiger partial charge in [0, 0.05) is 50.7 Å². The number of carbonyl (C=O) groups excluding carboxylic acids is 2. The number of hydrogen-bond acceptors (Lipinski definition) is 4. The van der Waals surface area contributed by atoms with Crippen LogP contribution in [0.1, 0.15) is 51.9 Å². The Morgan fingerprint density at radius 2 is 1.86 bits per heavy atom. The Bertz CT molecular complexity index is 552. The van der Waals surface area contributed by atoms with Crippen LogP contribution in [0.5, 0.6) is 0 Å². The van der Waals surface area contributed by atoms with E-state index in [0.29, 0.717) is 37.1 Å². The third-order valence-electron chi connectivity index (χ3n) is 7.24. The summed E-state index contributed by atoms with van der Waals surface area (Å²) in [6, 6.07) is 1.99. The molecule has 6 nitrogen and oxygen atoms in total. The van der Waals surface area contributed by atoms with E-state index in [1.807, 2.05) is 16.8 Å². The molecule has 28 heavy (non-hydrogen) atoms. The molecule has 2 bridgehead atoms. The molecule has 0 spiro atoms. The molecule has 0 radical (unpaired) electrons. The SMILES string of the molecule is CCN1CCCC1CN1CC(C(=O)N(C)C2CC3CCC(C2)N3)CC1=O.Cl.Cl. The van der Waals surface area contributed by atoms with Gasteiger partial charge in [-0.2, -0.15) is 0 Å². The van der Waals surface area contributed by atoms with Gasteiger partial charge >= 0.3 is 0 Å². The van der Waals surface area contributed by atoms with Crippen molar-refractivity contribution in [3.63, 3.8) is 0 Å². The van der Waals surface area contributed by atoms with E-state index in [1.54, 1.807) is 0 Å². The Kier molecular flexibility index (Phi) is 8.44. The number of likely N-dealkylation sites (N-methyl/N-ethyl adjacent to an activating group) is 1. The summed E-state index contributed by atoms with van der Waals surface area (Å²) >= 11 is 0. The van der Waals surface area contributed by atoms with Crippen LogP contribution in [0.3, 0.4) is 0 Å². The number of nitrogens with zero attached hydrogens (tertiary/aromatic N) is 3. The van der Waals surface area contributed by atoms with Crippen molar-refractivity contribution >= 4 is 36.6 Å². The molecule has 4 rings (SSSR count). The average Bonchev–Trinajstić information content (AvgIpc) is 3.33. The van der Waals surface area contributed by atoms with Crippen LogP contribution in [0.4, 0.5) is 0 Å². The molecule has 8 heteroatoms. The van der Waals surface area contributed by atoms with Crippen LogP contribution >= 0.6 is 24.8 Å². The van der Waals surface area contributed by atoms with Crippen molar-refractivity contribution in [2.75, 3.05) is 33.2 Å². The monoisotopic (exact) mass is 434 g/mol. The summed E-state index contributed by atoms with van der Waals surface area (Å²) in [5.41, 5.74) is 0. The summed E-state index contributed by atoms with van der Waals surface area (Å²) in [5, 5.41) is 3.64. The maximum atomic E-state index is 13.0. The molecule has 4 aliphatic heterocycles. The zero-order chi connectivity index (χ0) is 18.3. The average molecular weight is 435 g/mol. The molecule has 0 aliphatic carbocycles. The Balaban J connectivity index is 0.00000140. The number of hydrogen-bond donors (Lipinski definition) is 1. The molecule has 4 heterocycles. The number of amides is 2. The molecule has 2 amide bonds. The fourth-order valence-electron chi connectivity index (χ4n) is 5.70. The van der Waals surface area contributed by atoms with Gasteiger partial charge in [-0.25, -0.2) is 0 Å². The minimum atomic E-state index is -0.142. The summed E-state index contributed by atoms with van der Waals surface area (Å²) in [6.07, 6.45) is 7.42. The zero-order valence-electron chi connectivity index (χ0n) is 17.1. The first kappa shape index (κ1) is 23.7. The summed E-state index contributed by atoms with van der Waals surface area (Å²) < 4.78 is 0. The Hall–Kier alpha value is -0.560. The molecule has 162 valence electrons. The highest BCUT2D eigenvalue weighted by Crippen LogP contribution is 2.31. The van der Waals surface area contributed by atoms with Crippen molar-refractivity contribution in [3.8, 4) is 0 Å². The minimum absolute atomic E-state index is 0. The molecule has 0 aromatic carbocycles. The van der Waals surface area contributed by atoms with Crippen LogP contribution in [-0.2, 0) is 9.59 Å². The van der Waals surface area contributed by atoms with Crippen molar-refractivity contribution in [3.05, 3.63) is 0 Å². The van der Waals surface area contributed by atoms with Crippen LogP contribution in [0.25, 0.3) is 0 Å². The van der Waals surface area contributed by atoms with E-state index in [0.717, 1.165) is 32.5 Å². The highest BCUT2D eigenvalue weighted by Gasteiger charge is 2.41. The quantitative estimate of drug-likeness (QED) is 0.717. The molecule has 0 aromatic heterocycles. The van der Waals surface area contributed by atoms with Gasteiger partial charge in [-0.05, 0) is 51.6 Å². The summed E-state index contributed by atoms with van der Waals surface area (Å²) in [7, 11) is 1.96. The summed E-state index contributed by atoms with van der Waals surface area (Å²) in [4.78, 5) is 32.0. The zero-order valence-corrected chi connectivity index (χ0v) is 18.8. The molecule has 4 atom stereocenters. The van der Waals surface area contributed by atoms with E-state index in [1.165, 1.54) is 25.7 Å². The largest absolute Gasteiger partial charge is 0.342 e. The van der Waals surface area contributed by atoms with Crippen molar-refractivity contribution in [1.82, 2.24) is 20.0 Å². The maximum Gasteiger partial charge on any atom is 0.227 e. The second-order valence-electron chi connectivity index (χ2n) is 8.84. The van der Waals surface area contributed by atoms with Gasteiger partial charge in [0.15, 0.2) is 0 Å². The highest BCUT2D eigenvalue weighted by atomic mass is 35.5. The van der Waals surface area contributed by atoms with Gasteiger partial charge in [-0.1, -0.05) is 6.92 Å². The van der Waals surface area contributed by atoms with Gasteiger partial charge in [0.05, 0.1) is 5.92 Å². The number of nitrogens with one attached hydrogen (secondary N) is 1. The molecule has 1 N–H and O–H groups in total. The van der Waals surface area contributed by atoms with Gasteiger partial charge in [0.2, 0.25) is 11.8 Å². The summed E-state index contributed by atoms with van der Waals surface area (Å²) in [5.74, 6) is 0.215. The third kappa shape index (κ3) is 4.77. The second-order valence-corrected chi connectivity index (χ2v) is 8.84. The first-order chi connectivity index (χ1) is 12.5. The van der Waals surface area contributed by atoms with Gasteiger partial charge in [0.25, 0.3) is 0 Å². The Labute approximate surface area is 181 Å². The molecule has 4 unspecified atom stereocenters. The van der Waals surface area contributed by atoms with Gasteiger partial charge in [-0.3, -0.25) is 14.5 Å². The van der Waals surface area contributed by atoms with Crippen LogP contribution in [0.2, 0.25) is 0 Å². The van der Waals surface area contributed by atoms with E-state index < -0.39 is 0 Å². The smallest absolute Gasteiger partial charge is 0.227 e. The number of likely N-dealkylation sites (tertiary alicyclic amines) is 2. The Morgan fingerprint density at radius 1 is 1.18 bits per heavy atom. The fourth-order valence-corrected chi connectivity index (χ4v) is 5.70. The van der Waals surface area contributed by atoms with Crippen molar-refractivity contribution < 1.29 is 9.59 Å². The van der Waals surface area contributed by atoms with E-state index in [-0.39, 0.29) is 42.5 Å². The molecular weight excluding hydrogens is 399 g/mol. The predicted molar refractivity (Wildman–Crippen MR) is 115 cm³/mol. The number of fused-ring (bicyclic) bond motifs is 2. The lowest BCUT2D eigenvalue weighted by Gasteiger charge is -2.36. The molecular formula is C20H36Cl2N4O2. The van der Waals surface area contributed by atoms with Crippen LogP contribution in [-0.4, -0.2) is 83.9 Å². The molecule has 4 aliphatic rings. The normalized spacial score (nSPS) is 34.9. The molecule has 0 aromatic rings. The van der Waals surface area contributed by atoms with Gasteiger partial charge in [-0.15, -0.1) is 24.8 Å². The van der Waals surface area contributed by atoms with Crippen LogP contribution in [0, 0.1) is 5.92 Å². The standard InChI is InChI=1S/C20H34N4O2.2ClH/c1-3-23-8-4-5-17(23)13-24-12-14(9-19(24)25)20(26)22(2)18-10-15-6-7-16(11-18)21-15;;/h14-18,21H,3-13H2,1-2H3;2*1H. The lowest BCUT2D eigenvalue weighted by atomic mass is 9.97. The number of halogens is 2. The number of rotatable bonds is 5. The lowest BCUT2D eigenvalue weighted by molar-refractivity contribution is -0.137. The number of piperidine rings is 1. The predicted octanol–water partition coefficient (Wildman–Crippen LogP) is 1.90. The van der Waals surface area contributed by atoms with Crippen molar-refractivity contribution in [2.45, 2.75) is 76.0 Å². The molecule has 0 saturated carbocycles. The highest BCUT2D eigenvalue weighted by molar-refractivity contribution is 5.89. The third-order valence-corrected chi connectivity index (χ3v) is 7.24. The van der Waals surface area contributed by atoms with E-state index in [2.05, 4.69) is 17.1 Å². The first-order valence-corrected chi connectivity index (χ1v) is 10.6. The Morgan fingerprint density at radius 3 is 2.50 bits per heavy atom. The van der Waals surface area contributed by atoms with E-state index in [9.17, 15) is 9.59 Å². The van der Waals surface area contributed by atoms with Crippen molar-refractivity contribution in [1.29, 1.82) is 0 Å². The van der Waals surface area contributed by atoms with Crippen LogP contribution in [0.15, 0.2) is 0 Å². The van der Waals surface area contributed by atoms with Gasteiger partial charge < -0.3 is 15.1 Å². The first-order valence-electron chi connectivity index (χ1n) is 10.6. The fraction of sp³-hybridized carbons (Fsp3) is 0.900. The maximum absolute atomic E-state index is 13.0. The molecule has 4 fully saturated rings.